The third-order valence-electron chi connectivity index (χ3n) is 3.87. The lowest BCUT2D eigenvalue weighted by molar-refractivity contribution is -0.384. The Balaban J connectivity index is 1.74. The van der Waals surface area contributed by atoms with Crippen molar-refractivity contribution >= 4 is 28.9 Å². The zero-order valence-corrected chi connectivity index (χ0v) is 13.2. The van der Waals surface area contributed by atoms with Crippen LogP contribution in [0.4, 0.5) is 5.69 Å². The van der Waals surface area contributed by atoms with Gasteiger partial charge in [-0.05, 0) is 18.6 Å². The maximum absolute atomic E-state index is 12.4. The van der Waals surface area contributed by atoms with Gasteiger partial charge in [0.25, 0.3) is 11.6 Å². The summed E-state index contributed by atoms with van der Waals surface area (Å²) in [6.45, 7) is 0.596. The number of hydrogen-bond donors (Lipinski definition) is 1. The zero-order valence-electron chi connectivity index (χ0n) is 12.4. The molecule has 124 valence electrons. The van der Waals surface area contributed by atoms with Gasteiger partial charge in [-0.3, -0.25) is 19.7 Å². The third-order valence-corrected chi connectivity index (χ3v) is 4.76. The Morgan fingerprint density at radius 2 is 2.04 bits per heavy atom. The molecule has 8 nitrogen and oxygen atoms in total. The van der Waals surface area contributed by atoms with Gasteiger partial charge in [-0.2, -0.15) is 0 Å². The van der Waals surface area contributed by atoms with Gasteiger partial charge in [0.2, 0.25) is 0 Å². The maximum Gasteiger partial charge on any atom is 0.308 e. The molecule has 0 bridgehead atoms. The molecule has 1 N–H and O–H groups in total. The highest BCUT2D eigenvalue weighted by Gasteiger charge is 2.32. The van der Waals surface area contributed by atoms with E-state index in [-0.39, 0.29) is 23.8 Å². The second kappa shape index (κ2) is 6.36. The van der Waals surface area contributed by atoms with Crippen LogP contribution in [0.1, 0.15) is 16.9 Å². The van der Waals surface area contributed by atoms with Crippen molar-refractivity contribution < 1.29 is 19.6 Å². The van der Waals surface area contributed by atoms with Crippen molar-refractivity contribution in [2.24, 2.45) is 5.92 Å². The van der Waals surface area contributed by atoms with Crippen LogP contribution in [-0.4, -0.2) is 44.9 Å². The summed E-state index contributed by atoms with van der Waals surface area (Å²) in [4.78, 5) is 39.3. The molecule has 1 aliphatic rings. The fourth-order valence-corrected chi connectivity index (χ4v) is 3.34. The molecule has 0 aliphatic carbocycles. The van der Waals surface area contributed by atoms with Gasteiger partial charge in [-0.15, -0.1) is 11.3 Å². The number of benzene rings is 1. The van der Waals surface area contributed by atoms with Crippen LogP contribution >= 0.6 is 11.3 Å². The van der Waals surface area contributed by atoms with E-state index in [1.54, 1.807) is 17.5 Å². The highest BCUT2D eigenvalue weighted by Crippen LogP contribution is 2.27. The Labute approximate surface area is 140 Å². The van der Waals surface area contributed by atoms with Gasteiger partial charge < -0.3 is 10.0 Å². The highest BCUT2D eigenvalue weighted by atomic mass is 32.1. The number of amides is 1. The van der Waals surface area contributed by atoms with Crippen molar-refractivity contribution in [3.63, 3.8) is 0 Å². The second-order valence-corrected chi connectivity index (χ2v) is 6.27. The molecule has 1 amide bonds. The Kier molecular flexibility index (Phi) is 4.26. The van der Waals surface area contributed by atoms with Crippen LogP contribution in [0.25, 0.3) is 10.6 Å². The van der Waals surface area contributed by atoms with Crippen molar-refractivity contribution in [3.8, 4) is 10.6 Å². The number of hydrogen-bond acceptors (Lipinski definition) is 6. The molecule has 1 unspecified atom stereocenters. The molecule has 3 rings (SSSR count). The van der Waals surface area contributed by atoms with Crippen LogP contribution in [0.15, 0.2) is 29.6 Å². The Morgan fingerprint density at radius 3 is 2.62 bits per heavy atom. The minimum atomic E-state index is -0.893. The van der Waals surface area contributed by atoms with Crippen LogP contribution in [0, 0.1) is 16.0 Å². The first-order valence-corrected chi connectivity index (χ1v) is 8.06. The number of carboxylic acids is 1. The summed E-state index contributed by atoms with van der Waals surface area (Å²) in [6, 6.07) is 5.94. The number of rotatable bonds is 4. The van der Waals surface area contributed by atoms with Crippen molar-refractivity contribution in [3.05, 3.63) is 45.5 Å². The number of carboxylic acid groups (broad SMARTS) is 1. The van der Waals surface area contributed by atoms with E-state index in [1.807, 2.05) is 0 Å². The number of carbonyl (C=O) groups is 2. The van der Waals surface area contributed by atoms with Crippen LogP contribution in [-0.2, 0) is 4.79 Å². The van der Waals surface area contributed by atoms with Crippen LogP contribution in [0.3, 0.4) is 0 Å². The first kappa shape index (κ1) is 16.1. The van der Waals surface area contributed by atoms with Gasteiger partial charge in [0.15, 0.2) is 0 Å². The van der Waals surface area contributed by atoms with Gasteiger partial charge in [0.05, 0.1) is 10.8 Å². The molecule has 2 heterocycles. The Hall–Kier alpha value is -2.81. The lowest BCUT2D eigenvalue weighted by Crippen LogP contribution is -2.30. The summed E-state index contributed by atoms with van der Waals surface area (Å²) in [5, 5.41) is 21.9. The molecule has 9 heteroatoms. The zero-order chi connectivity index (χ0) is 17.3. The lowest BCUT2D eigenvalue weighted by atomic mass is 10.1. The Morgan fingerprint density at radius 1 is 1.33 bits per heavy atom. The van der Waals surface area contributed by atoms with E-state index in [0.717, 1.165) is 0 Å². The standard InChI is InChI=1S/C15H13N3O5S/c19-14(17-6-5-10(7-17)15(20)21)12-8-24-13(16-12)9-1-3-11(4-2-9)18(22)23/h1-4,8,10H,5-7H2,(H,20,21). The van der Waals surface area contributed by atoms with Crippen molar-refractivity contribution in [2.75, 3.05) is 13.1 Å². The van der Waals surface area contributed by atoms with Crippen LogP contribution < -0.4 is 0 Å². The van der Waals surface area contributed by atoms with Gasteiger partial charge in [-0.25, -0.2) is 4.98 Å². The number of non-ortho nitro benzene ring substituents is 1. The van der Waals surface area contributed by atoms with Crippen LogP contribution in [0.5, 0.6) is 0 Å². The molecule has 1 aliphatic heterocycles. The fourth-order valence-electron chi connectivity index (χ4n) is 2.54. The average Bonchev–Trinajstić information content (AvgIpc) is 3.24. The Bertz CT molecular complexity index is 802. The summed E-state index contributed by atoms with van der Waals surface area (Å²) >= 11 is 1.27. The second-order valence-electron chi connectivity index (χ2n) is 5.42. The normalized spacial score (nSPS) is 17.0. The first-order valence-electron chi connectivity index (χ1n) is 7.18. The van der Waals surface area contributed by atoms with E-state index in [2.05, 4.69) is 4.98 Å². The molecule has 24 heavy (non-hydrogen) atoms. The van der Waals surface area contributed by atoms with E-state index in [1.165, 1.54) is 28.4 Å². The number of thiazole rings is 1. The topological polar surface area (TPSA) is 114 Å². The summed E-state index contributed by atoms with van der Waals surface area (Å²) < 4.78 is 0. The molecular formula is C15H13N3O5S. The molecular weight excluding hydrogens is 334 g/mol. The molecule has 0 radical (unpaired) electrons. The average molecular weight is 347 g/mol. The summed E-state index contributed by atoms with van der Waals surface area (Å²) in [5.41, 5.74) is 0.942. The molecule has 1 atom stereocenters. The third kappa shape index (κ3) is 3.11. The van der Waals surface area contributed by atoms with Crippen molar-refractivity contribution in [1.82, 2.24) is 9.88 Å². The van der Waals surface area contributed by atoms with Crippen molar-refractivity contribution in [2.45, 2.75) is 6.42 Å². The predicted octanol–water partition coefficient (Wildman–Crippen LogP) is 2.27. The van der Waals surface area contributed by atoms with E-state index >= 15 is 0 Å². The first-order chi connectivity index (χ1) is 11.5. The minimum Gasteiger partial charge on any atom is -0.481 e. The van der Waals surface area contributed by atoms with Gasteiger partial charge in [0, 0.05) is 36.2 Å². The van der Waals surface area contributed by atoms with E-state index < -0.39 is 16.8 Å². The summed E-state index contributed by atoms with van der Waals surface area (Å²) in [5.74, 6) is -1.71. The maximum atomic E-state index is 12.4. The smallest absolute Gasteiger partial charge is 0.308 e. The quantitative estimate of drug-likeness (QED) is 0.670. The number of likely N-dealkylation sites (tertiary alicyclic amines) is 1. The van der Waals surface area contributed by atoms with Gasteiger partial charge >= 0.3 is 5.97 Å². The molecule has 1 fully saturated rings. The van der Waals surface area contributed by atoms with Gasteiger partial charge in [0.1, 0.15) is 10.7 Å². The number of nitro benzene ring substituents is 1. The number of aromatic nitrogens is 1. The van der Waals surface area contributed by atoms with E-state index in [0.29, 0.717) is 23.5 Å². The molecule has 2 aromatic rings. The largest absolute Gasteiger partial charge is 0.481 e. The minimum absolute atomic E-state index is 0.0108. The molecule has 1 aromatic heterocycles. The molecule has 0 spiro atoms. The number of aliphatic carboxylic acids is 1. The predicted molar refractivity (Wildman–Crippen MR) is 85.9 cm³/mol. The van der Waals surface area contributed by atoms with Gasteiger partial charge in [-0.1, -0.05) is 0 Å². The van der Waals surface area contributed by atoms with E-state index in [4.69, 9.17) is 5.11 Å². The number of nitro groups is 1. The molecule has 1 saturated heterocycles. The summed E-state index contributed by atoms with van der Waals surface area (Å²) in [6.07, 6.45) is 0.445. The highest BCUT2D eigenvalue weighted by molar-refractivity contribution is 7.13. The molecule has 1 aromatic carbocycles. The fraction of sp³-hybridized carbons (Fsp3) is 0.267. The van der Waals surface area contributed by atoms with E-state index in [9.17, 15) is 19.7 Å². The molecule has 0 saturated carbocycles. The summed E-state index contributed by atoms with van der Waals surface area (Å²) in [7, 11) is 0. The van der Waals surface area contributed by atoms with Crippen molar-refractivity contribution in [1.29, 1.82) is 0 Å². The number of nitrogens with zero attached hydrogens (tertiary/aromatic N) is 3. The monoisotopic (exact) mass is 347 g/mol. The van der Waals surface area contributed by atoms with Crippen LogP contribution in [0.2, 0.25) is 0 Å². The SMILES string of the molecule is O=C(O)C1CCN(C(=O)c2csc(-c3ccc([N+](=O)[O-])cc3)n2)C1. The lowest BCUT2D eigenvalue weighted by Gasteiger charge is -2.13. The number of carbonyl (C=O) groups excluding carboxylic acids is 1.